The number of aromatic amines is 2. The Morgan fingerprint density at radius 3 is 2.40 bits per heavy atom. The fourth-order valence-corrected chi connectivity index (χ4v) is 5.64. The molecule has 206 valence electrons. The lowest BCUT2D eigenvalue weighted by Crippen LogP contribution is -2.46. The Morgan fingerprint density at radius 2 is 1.73 bits per heavy atom. The first-order chi connectivity index (χ1) is 19.4. The van der Waals surface area contributed by atoms with Gasteiger partial charge < -0.3 is 16.0 Å². The molecule has 0 spiro atoms. The van der Waals surface area contributed by atoms with Crippen LogP contribution in [0.1, 0.15) is 29.9 Å². The molecule has 0 bridgehead atoms. The second-order valence-electron chi connectivity index (χ2n) is 10.5. The summed E-state index contributed by atoms with van der Waals surface area (Å²) in [6, 6.07) is 16.4. The van der Waals surface area contributed by atoms with Crippen molar-refractivity contribution in [1.82, 2.24) is 35.3 Å². The molecule has 0 unspecified atom stereocenters. The molecule has 1 saturated heterocycles. The van der Waals surface area contributed by atoms with Gasteiger partial charge in [-0.15, -0.1) is 9.38 Å². The van der Waals surface area contributed by atoms with E-state index in [9.17, 15) is 4.79 Å². The first kappa shape index (κ1) is 25.8. The molecule has 0 saturated carbocycles. The maximum atomic E-state index is 13.5. The highest BCUT2D eigenvalue weighted by Gasteiger charge is 2.26. The molecule has 0 aliphatic carbocycles. The fourth-order valence-electron chi connectivity index (χ4n) is 5.64. The van der Waals surface area contributed by atoms with E-state index in [1.807, 2.05) is 63.2 Å². The molecule has 1 aliphatic rings. The number of benzene rings is 1. The minimum absolute atomic E-state index is 0.148. The summed E-state index contributed by atoms with van der Waals surface area (Å²) in [6.07, 6.45) is 2.05. The molecule has 5 heterocycles. The molecule has 0 amide bonds. The second kappa shape index (κ2) is 10.6. The average Bonchev–Trinajstić information content (AvgIpc) is 3.52. The van der Waals surface area contributed by atoms with Gasteiger partial charge in [0.15, 0.2) is 0 Å². The Balaban J connectivity index is 1.27. The van der Waals surface area contributed by atoms with E-state index in [4.69, 9.17) is 10.7 Å². The van der Waals surface area contributed by atoms with Crippen LogP contribution in [-0.2, 0) is 6.54 Å². The molecule has 1 aliphatic heterocycles. The van der Waals surface area contributed by atoms with E-state index >= 15 is 0 Å². The van der Waals surface area contributed by atoms with Crippen molar-refractivity contribution in [3.8, 4) is 22.4 Å². The van der Waals surface area contributed by atoms with Crippen LogP contribution >= 0.6 is 0 Å². The van der Waals surface area contributed by atoms with Crippen molar-refractivity contribution in [2.75, 3.05) is 30.3 Å². The van der Waals surface area contributed by atoms with Gasteiger partial charge in [-0.3, -0.25) is 10.1 Å². The van der Waals surface area contributed by atoms with Crippen LogP contribution < -0.4 is 26.0 Å². The number of nitrogens with two attached hydrogens (primary N) is 1. The van der Waals surface area contributed by atoms with Crippen LogP contribution in [0.5, 0.6) is 0 Å². The molecule has 40 heavy (non-hydrogen) atoms. The van der Waals surface area contributed by atoms with Gasteiger partial charge in [0.1, 0.15) is 11.5 Å². The summed E-state index contributed by atoms with van der Waals surface area (Å²) >= 11 is 0. The van der Waals surface area contributed by atoms with Gasteiger partial charge in [0.05, 0.1) is 17.8 Å². The molecular weight excluding hydrogens is 504 g/mol. The zero-order chi connectivity index (χ0) is 27.8. The topological polar surface area (TPSA) is 138 Å². The minimum Gasteiger partial charge on any atom is -0.357 e. The summed E-state index contributed by atoms with van der Waals surface area (Å²) in [5, 5.41) is 14.3. The van der Waals surface area contributed by atoms with Crippen molar-refractivity contribution >= 4 is 17.4 Å². The SMILES string of the molecule is Cc1cc(N2CCC(NCCn3[nH]c4c(-c5cc(C)nc(C)c5)c(-c5ccccc5)nc(N)[n+]4c3=O)CC2)[nH]n1. The quantitative estimate of drug-likeness (QED) is 0.233. The summed E-state index contributed by atoms with van der Waals surface area (Å²) in [5.74, 6) is 1.23. The van der Waals surface area contributed by atoms with Crippen LogP contribution in [0.4, 0.5) is 11.8 Å². The number of anilines is 2. The van der Waals surface area contributed by atoms with Crippen LogP contribution in [0.3, 0.4) is 0 Å². The Labute approximate surface area is 232 Å². The zero-order valence-corrected chi connectivity index (χ0v) is 23.1. The smallest absolute Gasteiger partial charge is 0.357 e. The van der Waals surface area contributed by atoms with Crippen LogP contribution in [-0.4, -0.2) is 55.6 Å². The minimum atomic E-state index is -0.241. The van der Waals surface area contributed by atoms with E-state index < -0.39 is 0 Å². The first-order valence-corrected chi connectivity index (χ1v) is 13.7. The Kier molecular flexibility index (Phi) is 6.81. The van der Waals surface area contributed by atoms with E-state index in [2.05, 4.69) is 36.6 Å². The highest BCUT2D eigenvalue weighted by molar-refractivity contribution is 5.88. The van der Waals surface area contributed by atoms with Crippen molar-refractivity contribution in [1.29, 1.82) is 0 Å². The lowest BCUT2D eigenvalue weighted by atomic mass is 9.99. The number of nitrogens with one attached hydrogen (secondary N) is 3. The highest BCUT2D eigenvalue weighted by Crippen LogP contribution is 2.33. The van der Waals surface area contributed by atoms with Gasteiger partial charge in [0, 0.05) is 48.7 Å². The predicted octanol–water partition coefficient (Wildman–Crippen LogP) is 2.53. The number of fused-ring (bicyclic) bond motifs is 1. The summed E-state index contributed by atoms with van der Waals surface area (Å²) in [5.41, 5.74) is 12.9. The van der Waals surface area contributed by atoms with E-state index in [1.165, 1.54) is 4.40 Å². The molecule has 1 fully saturated rings. The number of hydrogen-bond acceptors (Lipinski definition) is 7. The molecule has 11 nitrogen and oxygen atoms in total. The maximum Gasteiger partial charge on any atom is 0.428 e. The zero-order valence-electron chi connectivity index (χ0n) is 23.1. The van der Waals surface area contributed by atoms with Crippen LogP contribution in [0.15, 0.2) is 53.3 Å². The van der Waals surface area contributed by atoms with E-state index in [1.54, 1.807) is 4.68 Å². The lowest BCUT2D eigenvalue weighted by Gasteiger charge is -2.32. The molecule has 0 atom stereocenters. The van der Waals surface area contributed by atoms with Gasteiger partial charge in [-0.05, 0) is 51.3 Å². The van der Waals surface area contributed by atoms with Gasteiger partial charge in [-0.1, -0.05) is 30.3 Å². The van der Waals surface area contributed by atoms with Gasteiger partial charge in [0.25, 0.3) is 0 Å². The second-order valence-corrected chi connectivity index (χ2v) is 10.5. The monoisotopic (exact) mass is 539 g/mol. The fraction of sp³-hybridized carbons (Fsp3) is 0.345. The Bertz CT molecular complexity index is 1690. The molecule has 5 aromatic rings. The lowest BCUT2D eigenvalue weighted by molar-refractivity contribution is -0.516. The number of aryl methyl sites for hydroxylation is 3. The number of pyridine rings is 1. The first-order valence-electron chi connectivity index (χ1n) is 13.7. The molecule has 0 radical (unpaired) electrons. The standard InChI is InChI=1S/C29H34N10O/c1-18-15-22(16-19(2)32-18)25-26(21-7-5-4-6-8-21)33-28(30)39-27(25)36-38(29(39)40)14-11-31-23-9-12-37(13-10-23)24-17-20(3)34-35-24/h4-8,15-17,23,31H,9-14H2,1-3H3,(H3,30,32,33,34,35,36)/p+1. The van der Waals surface area contributed by atoms with Crippen molar-refractivity contribution in [3.63, 3.8) is 0 Å². The highest BCUT2D eigenvalue weighted by atomic mass is 16.2. The number of H-pyrrole nitrogens is 2. The van der Waals surface area contributed by atoms with Crippen molar-refractivity contribution < 1.29 is 4.40 Å². The number of nitrogen functional groups attached to an aromatic ring is 1. The number of aromatic nitrogens is 7. The summed E-state index contributed by atoms with van der Waals surface area (Å²) in [4.78, 5) is 25.1. The predicted molar refractivity (Wildman–Crippen MR) is 155 cm³/mol. The molecule has 6 rings (SSSR count). The number of hydrogen-bond donors (Lipinski definition) is 4. The molecular formula is C29H35N10O+. The van der Waals surface area contributed by atoms with Crippen LogP contribution in [0, 0.1) is 20.8 Å². The van der Waals surface area contributed by atoms with E-state index in [-0.39, 0.29) is 11.6 Å². The summed E-state index contributed by atoms with van der Waals surface area (Å²) in [6.45, 7) is 8.98. The number of rotatable bonds is 7. The number of nitrogens with zero attached hydrogens (tertiary/aromatic N) is 6. The Morgan fingerprint density at radius 1 is 1.00 bits per heavy atom. The van der Waals surface area contributed by atoms with Gasteiger partial charge >= 0.3 is 11.6 Å². The van der Waals surface area contributed by atoms with Gasteiger partial charge in [-0.2, -0.15) is 9.78 Å². The van der Waals surface area contributed by atoms with Crippen molar-refractivity contribution in [2.24, 2.45) is 0 Å². The van der Waals surface area contributed by atoms with E-state index in [0.717, 1.165) is 65.5 Å². The maximum absolute atomic E-state index is 13.5. The van der Waals surface area contributed by atoms with Crippen molar-refractivity contribution in [3.05, 3.63) is 76.1 Å². The average molecular weight is 540 g/mol. The third-order valence-electron chi connectivity index (χ3n) is 7.53. The number of piperidine rings is 1. The largest absolute Gasteiger partial charge is 0.428 e. The molecule has 11 heteroatoms. The van der Waals surface area contributed by atoms with Gasteiger partial charge in [0.2, 0.25) is 5.65 Å². The van der Waals surface area contributed by atoms with Gasteiger partial charge in [-0.25, -0.2) is 9.89 Å². The van der Waals surface area contributed by atoms with Crippen LogP contribution in [0.2, 0.25) is 0 Å². The molecule has 5 N–H and O–H groups in total. The summed E-state index contributed by atoms with van der Waals surface area (Å²) in [7, 11) is 0. The van der Waals surface area contributed by atoms with Crippen molar-refractivity contribution in [2.45, 2.75) is 46.2 Å². The van der Waals surface area contributed by atoms with Crippen LogP contribution in [0.25, 0.3) is 28.0 Å². The third kappa shape index (κ3) is 4.95. The Hall–Kier alpha value is -4.51. The summed E-state index contributed by atoms with van der Waals surface area (Å²) < 4.78 is 3.08. The normalized spacial score (nSPS) is 14.3. The van der Waals surface area contributed by atoms with E-state index in [0.29, 0.717) is 30.5 Å². The molecule has 4 aromatic heterocycles. The third-order valence-corrected chi connectivity index (χ3v) is 7.53. The molecule has 1 aromatic carbocycles.